The van der Waals surface area contributed by atoms with Crippen LogP contribution in [0.1, 0.15) is 12.0 Å². The van der Waals surface area contributed by atoms with Crippen molar-refractivity contribution in [3.8, 4) is 0 Å². The first-order chi connectivity index (χ1) is 16.5. The number of hydrogen-bond donors (Lipinski definition) is 0. The van der Waals surface area contributed by atoms with Crippen LogP contribution < -0.4 is 0 Å². The standard InChI is InChI=1S/C18H14F10O8S/c1-10(16(21,22)23)12(29)36-15(17(24,25)26,13(30)34-9-11-5-3-2-4-6-11)35-8-7-14(19,20)18(27,28)37(31,32)33/h2-6H,1,7-9H2,(H,31,32,33)/p-1. The number of carbonyl (C=O) groups excluding carboxylic acids is 2. The Labute approximate surface area is 200 Å². The van der Waals surface area contributed by atoms with Crippen LogP contribution in [0.5, 0.6) is 0 Å². The van der Waals surface area contributed by atoms with Crippen molar-refractivity contribution in [2.75, 3.05) is 6.61 Å². The van der Waals surface area contributed by atoms with E-state index >= 15 is 0 Å². The van der Waals surface area contributed by atoms with Crippen molar-refractivity contribution in [3.63, 3.8) is 0 Å². The molecule has 0 saturated carbocycles. The van der Waals surface area contributed by atoms with Crippen LogP contribution in [0.2, 0.25) is 0 Å². The van der Waals surface area contributed by atoms with Crippen LogP contribution in [0.3, 0.4) is 0 Å². The molecule has 1 aromatic rings. The first kappa shape index (κ1) is 32.1. The fourth-order valence-electron chi connectivity index (χ4n) is 2.16. The molecule has 0 fully saturated rings. The molecule has 1 atom stereocenters. The highest BCUT2D eigenvalue weighted by atomic mass is 32.2. The largest absolute Gasteiger partial charge is 0.743 e. The first-order valence-corrected chi connectivity index (χ1v) is 10.5. The van der Waals surface area contributed by atoms with Gasteiger partial charge in [-0.05, 0) is 5.56 Å². The van der Waals surface area contributed by atoms with Gasteiger partial charge in [-0.1, -0.05) is 36.9 Å². The van der Waals surface area contributed by atoms with Gasteiger partial charge >= 0.3 is 41.3 Å². The Balaban J connectivity index is 3.40. The number of hydrogen-bond acceptors (Lipinski definition) is 8. The summed E-state index contributed by atoms with van der Waals surface area (Å²) in [5.41, 5.74) is -2.67. The van der Waals surface area contributed by atoms with Crippen molar-refractivity contribution in [2.45, 2.75) is 42.3 Å². The summed E-state index contributed by atoms with van der Waals surface area (Å²) in [6.07, 6.45) is -14.9. The topological polar surface area (TPSA) is 119 Å². The molecule has 37 heavy (non-hydrogen) atoms. The summed E-state index contributed by atoms with van der Waals surface area (Å²) in [6.45, 7) is -1.37. The van der Waals surface area contributed by atoms with E-state index in [4.69, 9.17) is 0 Å². The molecule has 0 saturated heterocycles. The molecular formula is C18H13F10O8S-. The van der Waals surface area contributed by atoms with Crippen LogP contribution >= 0.6 is 0 Å². The quantitative estimate of drug-likeness (QED) is 0.128. The third-order valence-electron chi connectivity index (χ3n) is 4.14. The molecule has 0 radical (unpaired) electrons. The van der Waals surface area contributed by atoms with Gasteiger partial charge in [-0.3, -0.25) is 0 Å². The third-order valence-corrected chi connectivity index (χ3v) is 5.07. The lowest BCUT2D eigenvalue weighted by molar-refractivity contribution is -0.358. The summed E-state index contributed by atoms with van der Waals surface area (Å²) >= 11 is 0. The predicted molar refractivity (Wildman–Crippen MR) is 96.5 cm³/mol. The molecule has 0 N–H and O–H groups in total. The molecule has 8 nitrogen and oxygen atoms in total. The van der Waals surface area contributed by atoms with Crippen molar-refractivity contribution in [1.29, 1.82) is 0 Å². The Kier molecular flexibility index (Phi) is 9.39. The fourth-order valence-corrected chi connectivity index (χ4v) is 2.63. The highest BCUT2D eigenvalue weighted by Crippen LogP contribution is 2.43. The van der Waals surface area contributed by atoms with E-state index in [-0.39, 0.29) is 5.56 Å². The number of esters is 2. The van der Waals surface area contributed by atoms with Crippen molar-refractivity contribution in [1.82, 2.24) is 0 Å². The molecule has 0 heterocycles. The summed E-state index contributed by atoms with van der Waals surface area (Å²) in [4.78, 5) is 23.9. The Morgan fingerprint density at radius 3 is 1.86 bits per heavy atom. The minimum Gasteiger partial charge on any atom is -0.743 e. The van der Waals surface area contributed by atoms with Crippen LogP contribution in [0, 0.1) is 0 Å². The van der Waals surface area contributed by atoms with E-state index in [2.05, 4.69) is 20.8 Å². The third kappa shape index (κ3) is 7.31. The zero-order valence-electron chi connectivity index (χ0n) is 17.7. The average molecular weight is 579 g/mol. The predicted octanol–water partition coefficient (Wildman–Crippen LogP) is 3.83. The minimum atomic E-state index is -7.08. The summed E-state index contributed by atoms with van der Waals surface area (Å²) in [7, 11) is -7.08. The molecule has 19 heteroatoms. The molecule has 0 aliphatic heterocycles. The summed E-state index contributed by atoms with van der Waals surface area (Å²) < 4.78 is 176. The van der Waals surface area contributed by atoms with Gasteiger partial charge in [0.25, 0.3) is 0 Å². The number of alkyl halides is 10. The lowest BCUT2D eigenvalue weighted by atomic mass is 10.2. The van der Waals surface area contributed by atoms with E-state index in [1.54, 1.807) is 0 Å². The van der Waals surface area contributed by atoms with Gasteiger partial charge in [0.2, 0.25) is 0 Å². The van der Waals surface area contributed by atoms with E-state index in [0.717, 1.165) is 0 Å². The maximum absolute atomic E-state index is 13.8. The molecule has 0 aliphatic rings. The Morgan fingerprint density at radius 1 is 0.919 bits per heavy atom. The zero-order chi connectivity index (χ0) is 29.1. The van der Waals surface area contributed by atoms with E-state index in [0.29, 0.717) is 0 Å². The van der Waals surface area contributed by atoms with Crippen molar-refractivity contribution < 1.29 is 80.7 Å². The molecular weight excluding hydrogens is 566 g/mol. The summed E-state index contributed by atoms with van der Waals surface area (Å²) in [5.74, 6) is -17.0. The van der Waals surface area contributed by atoms with Crippen LogP contribution in [-0.2, 0) is 40.5 Å². The van der Waals surface area contributed by atoms with Crippen LogP contribution in [0.4, 0.5) is 43.9 Å². The molecule has 0 aromatic heterocycles. The smallest absolute Gasteiger partial charge is 0.468 e. The number of carbonyl (C=O) groups is 2. The number of halogens is 10. The van der Waals surface area contributed by atoms with Crippen LogP contribution in [0.25, 0.3) is 0 Å². The van der Waals surface area contributed by atoms with E-state index in [9.17, 15) is 66.5 Å². The van der Waals surface area contributed by atoms with E-state index < -0.39 is 76.6 Å². The lowest BCUT2D eigenvalue weighted by Gasteiger charge is -2.34. The molecule has 210 valence electrons. The maximum atomic E-state index is 13.8. The highest BCUT2D eigenvalue weighted by molar-refractivity contribution is 7.86. The Hall–Kier alpha value is -2.93. The van der Waals surface area contributed by atoms with Crippen molar-refractivity contribution in [2.24, 2.45) is 0 Å². The SMILES string of the molecule is C=C(C(=O)OC(OCCC(F)(F)C(F)(F)S(=O)(=O)[O-])(C(=O)OCc1ccccc1)C(F)(F)F)C(F)(F)F. The second-order valence-corrected chi connectivity index (χ2v) is 8.24. The number of benzene rings is 1. The zero-order valence-corrected chi connectivity index (χ0v) is 18.5. The molecule has 1 aromatic carbocycles. The van der Waals surface area contributed by atoms with Gasteiger partial charge in [-0.2, -0.15) is 43.9 Å². The number of ether oxygens (including phenoxy) is 3. The van der Waals surface area contributed by atoms with E-state index in [1.165, 1.54) is 30.3 Å². The molecule has 1 rings (SSSR count). The van der Waals surface area contributed by atoms with Gasteiger partial charge in [-0.15, -0.1) is 0 Å². The first-order valence-electron chi connectivity index (χ1n) is 9.12. The van der Waals surface area contributed by atoms with Crippen LogP contribution in [0.15, 0.2) is 42.5 Å². The maximum Gasteiger partial charge on any atom is 0.468 e. The second-order valence-electron chi connectivity index (χ2n) is 6.82. The Bertz CT molecular complexity index is 1100. The van der Waals surface area contributed by atoms with Gasteiger partial charge in [0, 0.05) is 6.42 Å². The lowest BCUT2D eigenvalue weighted by Crippen LogP contribution is -2.59. The monoisotopic (exact) mass is 579 g/mol. The summed E-state index contributed by atoms with van der Waals surface area (Å²) in [6, 6.07) is 6.36. The normalized spacial score (nSPS) is 15.0. The fraction of sp³-hybridized carbons (Fsp3) is 0.444. The highest BCUT2D eigenvalue weighted by Gasteiger charge is 2.69. The van der Waals surface area contributed by atoms with Crippen LogP contribution in [-0.4, -0.2) is 60.8 Å². The molecule has 0 aliphatic carbocycles. The van der Waals surface area contributed by atoms with Gasteiger partial charge < -0.3 is 18.8 Å². The molecule has 1 unspecified atom stereocenters. The summed E-state index contributed by atoms with van der Waals surface area (Å²) in [5, 5.41) is -6.39. The molecule has 0 spiro atoms. The van der Waals surface area contributed by atoms with E-state index in [1.807, 2.05) is 0 Å². The van der Waals surface area contributed by atoms with Gasteiger partial charge in [-0.25, -0.2) is 18.0 Å². The minimum absolute atomic E-state index is 0.0372. The molecule has 0 bridgehead atoms. The second kappa shape index (κ2) is 10.8. The van der Waals surface area contributed by atoms with Gasteiger partial charge in [0.1, 0.15) is 12.2 Å². The van der Waals surface area contributed by atoms with Gasteiger partial charge in [0.15, 0.2) is 10.1 Å². The van der Waals surface area contributed by atoms with Gasteiger partial charge in [0.05, 0.1) is 6.61 Å². The van der Waals surface area contributed by atoms with Crippen molar-refractivity contribution >= 4 is 22.1 Å². The number of rotatable bonds is 11. The average Bonchev–Trinajstić information content (AvgIpc) is 2.74. The molecule has 0 amide bonds. The Morgan fingerprint density at radius 2 is 1.43 bits per heavy atom. The van der Waals surface area contributed by atoms with Crippen molar-refractivity contribution in [3.05, 3.63) is 48.0 Å².